The number of amides is 1. The number of carbonyl (C=O) groups is 1. The fourth-order valence-electron chi connectivity index (χ4n) is 1.48. The van der Waals surface area contributed by atoms with Crippen molar-refractivity contribution < 1.29 is 9.90 Å². The molecule has 0 bridgehead atoms. The number of unbranched alkanes of at least 4 members (excludes halogenated alkanes) is 1. The van der Waals surface area contributed by atoms with Crippen LogP contribution >= 0.6 is 0 Å². The van der Waals surface area contributed by atoms with Crippen LogP contribution in [0.4, 0.5) is 0 Å². The summed E-state index contributed by atoms with van der Waals surface area (Å²) < 4.78 is 0. The minimum Gasteiger partial charge on any atom is -0.394 e. The van der Waals surface area contributed by atoms with Gasteiger partial charge in [0.15, 0.2) is 0 Å². The van der Waals surface area contributed by atoms with Crippen LogP contribution in [0.25, 0.3) is 0 Å². The molecule has 90 valence electrons. The lowest BCUT2D eigenvalue weighted by atomic mass is 9.93. The Morgan fingerprint density at radius 3 is 2.33 bits per heavy atom. The van der Waals surface area contributed by atoms with Gasteiger partial charge in [-0.25, -0.2) is 0 Å². The quantitative estimate of drug-likeness (QED) is 0.525. The molecule has 0 aromatic rings. The molecule has 1 amide bonds. The van der Waals surface area contributed by atoms with E-state index in [9.17, 15) is 9.90 Å². The van der Waals surface area contributed by atoms with Crippen LogP contribution in [0.5, 0.6) is 0 Å². The predicted molar refractivity (Wildman–Crippen MR) is 61.4 cm³/mol. The fourth-order valence-corrected chi connectivity index (χ4v) is 1.48. The SMILES string of the molecule is CCC(CC)(CO)NC(=O)CCCCN. The molecule has 0 rings (SSSR count). The highest BCUT2D eigenvalue weighted by Gasteiger charge is 2.26. The van der Waals surface area contributed by atoms with Gasteiger partial charge < -0.3 is 16.2 Å². The summed E-state index contributed by atoms with van der Waals surface area (Å²) in [6.07, 6.45) is 3.69. The van der Waals surface area contributed by atoms with Gasteiger partial charge in [0.1, 0.15) is 0 Å². The summed E-state index contributed by atoms with van der Waals surface area (Å²) in [7, 11) is 0. The largest absolute Gasteiger partial charge is 0.394 e. The first-order valence-corrected chi connectivity index (χ1v) is 5.76. The van der Waals surface area contributed by atoms with Crippen molar-refractivity contribution in [3.05, 3.63) is 0 Å². The number of nitrogens with one attached hydrogen (secondary N) is 1. The number of aliphatic hydroxyl groups excluding tert-OH is 1. The normalized spacial score (nSPS) is 11.5. The van der Waals surface area contributed by atoms with Crippen molar-refractivity contribution in [2.45, 2.75) is 51.5 Å². The van der Waals surface area contributed by atoms with Gasteiger partial charge in [0.2, 0.25) is 5.91 Å². The molecule has 0 heterocycles. The van der Waals surface area contributed by atoms with Crippen LogP contribution in [0.3, 0.4) is 0 Å². The summed E-state index contributed by atoms with van der Waals surface area (Å²) in [5, 5.41) is 12.2. The number of rotatable bonds is 8. The van der Waals surface area contributed by atoms with E-state index in [4.69, 9.17) is 5.73 Å². The zero-order chi connectivity index (χ0) is 11.7. The Balaban J connectivity index is 4.00. The van der Waals surface area contributed by atoms with E-state index in [1.165, 1.54) is 0 Å². The van der Waals surface area contributed by atoms with Crippen molar-refractivity contribution >= 4 is 5.91 Å². The van der Waals surface area contributed by atoms with E-state index in [-0.39, 0.29) is 12.5 Å². The molecular weight excluding hydrogens is 192 g/mol. The molecule has 0 atom stereocenters. The molecular formula is C11H24N2O2. The van der Waals surface area contributed by atoms with Crippen molar-refractivity contribution in [2.75, 3.05) is 13.2 Å². The van der Waals surface area contributed by atoms with Gasteiger partial charge in [-0.3, -0.25) is 4.79 Å². The molecule has 4 N–H and O–H groups in total. The van der Waals surface area contributed by atoms with E-state index >= 15 is 0 Å². The van der Waals surface area contributed by atoms with Crippen molar-refractivity contribution in [1.29, 1.82) is 0 Å². The third-order valence-corrected chi connectivity index (χ3v) is 2.92. The van der Waals surface area contributed by atoms with Gasteiger partial charge in [0.25, 0.3) is 0 Å². The number of carbonyl (C=O) groups excluding carboxylic acids is 1. The monoisotopic (exact) mass is 216 g/mol. The van der Waals surface area contributed by atoms with Gasteiger partial charge in [-0.2, -0.15) is 0 Å². The molecule has 0 saturated heterocycles. The van der Waals surface area contributed by atoms with E-state index in [0.29, 0.717) is 13.0 Å². The standard InChI is InChI=1S/C11H24N2O2/c1-3-11(4-2,9-14)13-10(15)7-5-6-8-12/h14H,3-9,12H2,1-2H3,(H,13,15). The van der Waals surface area contributed by atoms with Crippen molar-refractivity contribution in [3.63, 3.8) is 0 Å². The molecule has 0 fully saturated rings. The third kappa shape index (κ3) is 5.14. The van der Waals surface area contributed by atoms with E-state index in [1.54, 1.807) is 0 Å². The third-order valence-electron chi connectivity index (χ3n) is 2.92. The highest BCUT2D eigenvalue weighted by Crippen LogP contribution is 2.14. The minimum atomic E-state index is -0.431. The topological polar surface area (TPSA) is 75.3 Å². The van der Waals surface area contributed by atoms with Gasteiger partial charge in [-0.05, 0) is 32.2 Å². The Bertz CT molecular complexity index is 171. The summed E-state index contributed by atoms with van der Waals surface area (Å²) in [4.78, 5) is 11.5. The first kappa shape index (κ1) is 14.4. The minimum absolute atomic E-state index is 0.00261. The van der Waals surface area contributed by atoms with Gasteiger partial charge >= 0.3 is 0 Å². The zero-order valence-corrected chi connectivity index (χ0v) is 9.88. The molecule has 0 aromatic heterocycles. The molecule has 0 aliphatic rings. The number of nitrogens with two attached hydrogens (primary N) is 1. The zero-order valence-electron chi connectivity index (χ0n) is 9.88. The average Bonchev–Trinajstić information content (AvgIpc) is 2.26. The maximum Gasteiger partial charge on any atom is 0.220 e. The molecule has 15 heavy (non-hydrogen) atoms. The molecule has 0 saturated carbocycles. The lowest BCUT2D eigenvalue weighted by Gasteiger charge is -2.30. The maximum absolute atomic E-state index is 11.5. The van der Waals surface area contributed by atoms with Gasteiger partial charge in [0.05, 0.1) is 12.1 Å². The molecule has 0 aromatic carbocycles. The molecule has 4 heteroatoms. The van der Waals surface area contributed by atoms with Crippen LogP contribution in [0.2, 0.25) is 0 Å². The van der Waals surface area contributed by atoms with Crippen LogP contribution in [0.15, 0.2) is 0 Å². The van der Waals surface area contributed by atoms with E-state index in [0.717, 1.165) is 25.7 Å². The fraction of sp³-hybridized carbons (Fsp3) is 0.909. The second-order valence-corrected chi connectivity index (χ2v) is 3.94. The predicted octanol–water partition coefficient (Wildman–Crippen LogP) is 0.783. The molecule has 0 unspecified atom stereocenters. The lowest BCUT2D eigenvalue weighted by Crippen LogP contribution is -2.50. The smallest absolute Gasteiger partial charge is 0.220 e. The summed E-state index contributed by atoms with van der Waals surface area (Å²) in [5.41, 5.74) is 4.92. The number of aliphatic hydroxyl groups is 1. The van der Waals surface area contributed by atoms with Crippen LogP contribution in [-0.4, -0.2) is 29.7 Å². The van der Waals surface area contributed by atoms with Crippen LogP contribution in [-0.2, 0) is 4.79 Å². The first-order chi connectivity index (χ1) is 7.14. The van der Waals surface area contributed by atoms with Gasteiger partial charge in [-0.1, -0.05) is 13.8 Å². The Labute approximate surface area is 92.2 Å². The Morgan fingerprint density at radius 1 is 1.33 bits per heavy atom. The molecule has 0 radical (unpaired) electrons. The highest BCUT2D eigenvalue weighted by atomic mass is 16.3. The van der Waals surface area contributed by atoms with Crippen molar-refractivity contribution in [2.24, 2.45) is 5.73 Å². The summed E-state index contributed by atoms with van der Waals surface area (Å²) in [6, 6.07) is 0. The van der Waals surface area contributed by atoms with Crippen molar-refractivity contribution in [3.8, 4) is 0 Å². The average molecular weight is 216 g/mol. The van der Waals surface area contributed by atoms with E-state index in [1.807, 2.05) is 13.8 Å². The second-order valence-electron chi connectivity index (χ2n) is 3.94. The second kappa shape index (κ2) is 7.65. The Morgan fingerprint density at radius 2 is 1.93 bits per heavy atom. The van der Waals surface area contributed by atoms with E-state index < -0.39 is 5.54 Å². The molecule has 0 aliphatic heterocycles. The molecule has 0 spiro atoms. The first-order valence-electron chi connectivity index (χ1n) is 5.76. The van der Waals surface area contributed by atoms with Gasteiger partial charge in [-0.15, -0.1) is 0 Å². The highest BCUT2D eigenvalue weighted by molar-refractivity contribution is 5.76. The molecule has 4 nitrogen and oxygen atoms in total. The van der Waals surface area contributed by atoms with Crippen LogP contribution in [0, 0.1) is 0 Å². The molecule has 0 aliphatic carbocycles. The summed E-state index contributed by atoms with van der Waals surface area (Å²) in [5.74, 6) is 0.0150. The van der Waals surface area contributed by atoms with Crippen LogP contribution in [0.1, 0.15) is 46.0 Å². The van der Waals surface area contributed by atoms with Gasteiger partial charge in [0, 0.05) is 6.42 Å². The van der Waals surface area contributed by atoms with E-state index in [2.05, 4.69) is 5.32 Å². The van der Waals surface area contributed by atoms with Crippen LogP contribution < -0.4 is 11.1 Å². The lowest BCUT2D eigenvalue weighted by molar-refractivity contribution is -0.123. The maximum atomic E-state index is 11.5. The number of hydrogen-bond donors (Lipinski definition) is 3. The Kier molecular flexibility index (Phi) is 7.34. The number of hydrogen-bond acceptors (Lipinski definition) is 3. The summed E-state index contributed by atoms with van der Waals surface area (Å²) in [6.45, 7) is 4.57. The van der Waals surface area contributed by atoms with Crippen molar-refractivity contribution in [1.82, 2.24) is 5.32 Å². The summed E-state index contributed by atoms with van der Waals surface area (Å²) >= 11 is 0. The Hall–Kier alpha value is -0.610.